The maximum Gasteiger partial charge on any atom is 0.150 e. The van der Waals surface area contributed by atoms with Crippen LogP contribution < -0.4 is 14.5 Å². The van der Waals surface area contributed by atoms with Crippen LogP contribution in [0, 0.1) is 6.92 Å². The van der Waals surface area contributed by atoms with E-state index in [2.05, 4.69) is 25.6 Å². The van der Waals surface area contributed by atoms with Crippen molar-refractivity contribution in [2.45, 2.75) is 32.3 Å². The average Bonchev–Trinajstić information content (AvgIpc) is 3.29. The van der Waals surface area contributed by atoms with E-state index < -0.39 is 0 Å². The van der Waals surface area contributed by atoms with Gasteiger partial charge in [0.15, 0.2) is 6.29 Å². The molecule has 0 amide bonds. The fourth-order valence-electron chi connectivity index (χ4n) is 3.44. The highest BCUT2D eigenvalue weighted by Gasteiger charge is 2.18. The number of benzene rings is 1. The molecule has 1 aromatic carbocycles. The number of aromatic nitrogens is 1. The predicted molar refractivity (Wildman–Crippen MR) is 127 cm³/mol. The minimum absolute atomic E-state index is 0.140. The second-order valence-electron chi connectivity index (χ2n) is 7.47. The number of carbonyl (C=O) groups is 1. The average molecular weight is 449 g/mol. The van der Waals surface area contributed by atoms with E-state index in [1.54, 1.807) is 18.1 Å². The quantitative estimate of drug-likeness (QED) is 0.530. The van der Waals surface area contributed by atoms with Crippen LogP contribution in [0.5, 0.6) is 0 Å². The van der Waals surface area contributed by atoms with E-state index >= 15 is 0 Å². The molecule has 0 bridgehead atoms. The van der Waals surface area contributed by atoms with Crippen molar-refractivity contribution in [1.29, 1.82) is 0 Å². The number of hydrogen-bond acceptors (Lipinski definition) is 7. The summed E-state index contributed by atoms with van der Waals surface area (Å²) in [5.74, 6) is 2.05. The van der Waals surface area contributed by atoms with Crippen molar-refractivity contribution in [3.05, 3.63) is 46.6 Å². The molecule has 0 atom stereocenters. The number of hydrogen-bond donors (Lipinski definition) is 2. The Hall–Kier alpha value is -1.96. The third kappa shape index (κ3) is 6.03. The molecule has 2 fully saturated rings. The van der Waals surface area contributed by atoms with Gasteiger partial charge in [-0.1, -0.05) is 11.6 Å². The number of aldehydes is 1. The fraction of sp³-hybridized carbons (Fsp3) is 0.455. The van der Waals surface area contributed by atoms with Gasteiger partial charge in [0.2, 0.25) is 0 Å². The Bertz CT molecular complexity index is 853. The summed E-state index contributed by atoms with van der Waals surface area (Å²) < 4.78 is 2.15. The first-order valence-corrected chi connectivity index (χ1v) is 11.6. The van der Waals surface area contributed by atoms with Gasteiger partial charge in [-0.15, -0.1) is 0 Å². The number of carbonyl (C=O) groups excluding carboxylic acids is 1. The third-order valence-corrected chi connectivity index (χ3v) is 6.64. The normalized spacial score (nSPS) is 16.8. The van der Waals surface area contributed by atoms with Crippen LogP contribution in [0.2, 0.25) is 5.02 Å². The summed E-state index contributed by atoms with van der Waals surface area (Å²) in [5.41, 5.74) is 3.83. The molecule has 0 spiro atoms. The molecule has 0 aliphatic carbocycles. The van der Waals surface area contributed by atoms with Crippen molar-refractivity contribution in [1.82, 2.24) is 4.98 Å². The highest BCUT2D eigenvalue weighted by molar-refractivity contribution is 8.00. The number of aliphatic hydroxyl groups is 1. The lowest BCUT2D eigenvalue weighted by Gasteiger charge is -2.31. The van der Waals surface area contributed by atoms with Crippen molar-refractivity contribution in [3.8, 4) is 0 Å². The lowest BCUT2D eigenvalue weighted by atomic mass is 10.1. The monoisotopic (exact) mass is 448 g/mol. The van der Waals surface area contributed by atoms with Crippen LogP contribution in [0.4, 0.5) is 17.2 Å². The van der Waals surface area contributed by atoms with Crippen molar-refractivity contribution < 1.29 is 9.90 Å². The van der Waals surface area contributed by atoms with Gasteiger partial charge in [0.1, 0.15) is 5.82 Å². The van der Waals surface area contributed by atoms with Crippen LogP contribution in [0.3, 0.4) is 0 Å². The van der Waals surface area contributed by atoms with Gasteiger partial charge in [0.25, 0.3) is 0 Å². The Morgan fingerprint density at radius 2 is 2.00 bits per heavy atom. The summed E-state index contributed by atoms with van der Waals surface area (Å²) in [6.45, 7) is 4.71. The number of aryl methyl sites for hydroxylation is 1. The van der Waals surface area contributed by atoms with Gasteiger partial charge in [0, 0.05) is 60.6 Å². The summed E-state index contributed by atoms with van der Waals surface area (Å²) in [6, 6.07) is 7.83. The summed E-state index contributed by atoms with van der Waals surface area (Å²) in [6.07, 6.45) is 5.37. The van der Waals surface area contributed by atoms with Crippen molar-refractivity contribution in [3.63, 3.8) is 0 Å². The number of nitrogens with zero attached hydrogens (tertiary/aromatic N) is 3. The molecule has 0 radical (unpaired) electrons. The molecule has 2 aliphatic heterocycles. The van der Waals surface area contributed by atoms with Crippen LogP contribution in [-0.2, 0) is 0 Å². The highest BCUT2D eigenvalue weighted by atomic mass is 35.5. The maximum atomic E-state index is 10.7. The number of nitrogens with one attached hydrogen (secondary N) is 1. The van der Waals surface area contributed by atoms with Gasteiger partial charge in [-0.05, 0) is 68.0 Å². The summed E-state index contributed by atoms with van der Waals surface area (Å²) >= 11 is 7.84. The zero-order valence-electron chi connectivity index (χ0n) is 17.5. The molecule has 2 aromatic rings. The summed E-state index contributed by atoms with van der Waals surface area (Å²) in [7, 11) is 1.88. The van der Waals surface area contributed by atoms with E-state index in [1.165, 1.54) is 6.42 Å². The highest BCUT2D eigenvalue weighted by Crippen LogP contribution is 2.28. The molecule has 8 heteroatoms. The van der Waals surface area contributed by atoms with Crippen LogP contribution in [-0.4, -0.2) is 54.9 Å². The number of anilines is 3. The van der Waals surface area contributed by atoms with E-state index in [1.807, 2.05) is 32.2 Å². The number of rotatable bonds is 4. The first-order chi connectivity index (χ1) is 14.5. The second kappa shape index (κ2) is 10.9. The molecule has 1 aromatic heterocycles. The van der Waals surface area contributed by atoms with E-state index in [0.29, 0.717) is 0 Å². The number of aliphatic hydroxyl groups excluding tert-OH is 1. The van der Waals surface area contributed by atoms with Crippen LogP contribution in [0.15, 0.2) is 30.5 Å². The number of pyridine rings is 1. The van der Waals surface area contributed by atoms with Crippen molar-refractivity contribution in [2.24, 2.45) is 0 Å². The summed E-state index contributed by atoms with van der Waals surface area (Å²) in [4.78, 5) is 17.3. The topological polar surface area (TPSA) is 68.7 Å². The molecule has 30 heavy (non-hydrogen) atoms. The molecule has 0 saturated carbocycles. The van der Waals surface area contributed by atoms with Crippen LogP contribution >= 0.6 is 23.5 Å². The fourth-order valence-corrected chi connectivity index (χ4v) is 4.64. The van der Waals surface area contributed by atoms with E-state index in [4.69, 9.17) is 11.6 Å². The first-order valence-electron chi connectivity index (χ1n) is 10.2. The Labute approximate surface area is 187 Å². The minimum atomic E-state index is -0.140. The smallest absolute Gasteiger partial charge is 0.150 e. The maximum absolute atomic E-state index is 10.7. The van der Waals surface area contributed by atoms with E-state index in [9.17, 15) is 9.90 Å². The molecule has 4 rings (SSSR count). The van der Waals surface area contributed by atoms with Gasteiger partial charge < -0.3 is 19.6 Å². The Balaban J connectivity index is 0.000000172. The Kier molecular flexibility index (Phi) is 8.24. The van der Waals surface area contributed by atoms with E-state index in [0.717, 1.165) is 77.9 Å². The molecule has 2 aliphatic rings. The Morgan fingerprint density at radius 3 is 2.63 bits per heavy atom. The van der Waals surface area contributed by atoms with Crippen LogP contribution in [0.1, 0.15) is 35.2 Å². The molecule has 2 saturated heterocycles. The first kappa shape index (κ1) is 22.7. The van der Waals surface area contributed by atoms with Gasteiger partial charge in [-0.25, -0.2) is 4.98 Å². The molecule has 3 heterocycles. The van der Waals surface area contributed by atoms with Gasteiger partial charge in [-0.2, -0.15) is 0 Å². The van der Waals surface area contributed by atoms with Gasteiger partial charge in [-0.3, -0.25) is 4.79 Å². The largest absolute Gasteiger partial charge is 0.393 e. The SMILES string of the molecule is CNc1cc(Cl)cc(N2CCC(O)CC2)c1.Cc1cnc(N2CCCS2)cc1C=O. The Morgan fingerprint density at radius 1 is 1.23 bits per heavy atom. The zero-order valence-corrected chi connectivity index (χ0v) is 19.0. The zero-order chi connectivity index (χ0) is 21.5. The summed E-state index contributed by atoms with van der Waals surface area (Å²) in [5, 5.41) is 13.3. The minimum Gasteiger partial charge on any atom is -0.393 e. The molecule has 162 valence electrons. The second-order valence-corrected chi connectivity index (χ2v) is 9.02. The molecule has 6 nitrogen and oxygen atoms in total. The van der Waals surface area contributed by atoms with Crippen LogP contribution in [0.25, 0.3) is 0 Å². The number of piperidine rings is 1. The number of halogens is 1. The molecule has 2 N–H and O–H groups in total. The predicted octanol–water partition coefficient (Wildman–Crippen LogP) is 4.40. The molecule has 0 unspecified atom stereocenters. The van der Waals surface area contributed by atoms with Gasteiger partial charge >= 0.3 is 0 Å². The molecular formula is C22H29ClN4O2S. The van der Waals surface area contributed by atoms with Crippen molar-refractivity contribution in [2.75, 3.05) is 47.0 Å². The standard InChI is InChI=1S/C12H17ClN2O.C10H12N2OS/c1-14-10-6-9(13)7-11(8-10)15-4-2-12(16)3-5-15;1-8-6-11-10(5-9(8)7-13)12-3-2-4-14-12/h6-8,12,14,16H,2-5H2,1H3;5-7H,2-4H2,1H3. The van der Waals surface area contributed by atoms with Crippen molar-refractivity contribution >= 4 is 47.0 Å². The third-order valence-electron chi connectivity index (χ3n) is 5.27. The van der Waals surface area contributed by atoms with Gasteiger partial charge in [0.05, 0.1) is 6.10 Å². The lowest BCUT2D eigenvalue weighted by Crippen LogP contribution is -2.35. The molecular weight excluding hydrogens is 420 g/mol. The lowest BCUT2D eigenvalue weighted by molar-refractivity contribution is 0.112. The van der Waals surface area contributed by atoms with E-state index in [-0.39, 0.29) is 6.10 Å².